The van der Waals surface area contributed by atoms with E-state index in [2.05, 4.69) is 0 Å². The molecule has 4 rings (SSSR count). The van der Waals surface area contributed by atoms with Crippen molar-refractivity contribution in [2.45, 2.75) is 103 Å². The highest BCUT2D eigenvalue weighted by Gasteiger charge is 2.21. The minimum absolute atomic E-state index is 0.121. The van der Waals surface area contributed by atoms with Crippen LogP contribution in [0.25, 0.3) is 0 Å². The SMILES string of the molecule is CCOC(=O)Cc1ccc(O[B]Oc2ccc(CC(=O)OCC)c(OC3CCCCC3)c2)cc1OC1CCCCC1. The Morgan fingerprint density at radius 2 is 1.07 bits per heavy atom. The minimum atomic E-state index is -0.290. The van der Waals surface area contributed by atoms with Crippen molar-refractivity contribution in [1.29, 1.82) is 0 Å². The second-order valence-corrected chi connectivity index (χ2v) is 10.6. The molecule has 0 unspecified atom stereocenters. The maximum atomic E-state index is 12.2. The van der Waals surface area contributed by atoms with E-state index in [4.69, 9.17) is 28.3 Å². The number of hydrogen-bond donors (Lipinski definition) is 0. The number of carbonyl (C=O) groups excluding carboxylic acids is 2. The van der Waals surface area contributed by atoms with E-state index in [-0.39, 0.29) is 37.0 Å². The predicted octanol–water partition coefficient (Wildman–Crippen LogP) is 6.31. The summed E-state index contributed by atoms with van der Waals surface area (Å²) in [6.45, 7) is 4.26. The first kappa shape index (κ1) is 30.6. The summed E-state index contributed by atoms with van der Waals surface area (Å²) in [5, 5.41) is 0. The minimum Gasteiger partial charge on any atom is -0.526 e. The lowest BCUT2D eigenvalue weighted by Gasteiger charge is -2.25. The van der Waals surface area contributed by atoms with E-state index in [1.807, 2.05) is 12.1 Å². The first-order valence-electron chi connectivity index (χ1n) is 15.1. The van der Waals surface area contributed by atoms with Crippen LogP contribution in [-0.2, 0) is 31.9 Å². The van der Waals surface area contributed by atoms with Gasteiger partial charge in [-0.25, -0.2) is 0 Å². The smallest absolute Gasteiger partial charge is 0.526 e. The molecule has 2 aliphatic carbocycles. The molecule has 0 amide bonds. The Balaban J connectivity index is 1.42. The summed E-state index contributed by atoms with van der Waals surface area (Å²) in [4.78, 5) is 24.3. The van der Waals surface area contributed by atoms with Gasteiger partial charge < -0.3 is 28.3 Å². The lowest BCUT2D eigenvalue weighted by atomic mass is 9.97. The van der Waals surface area contributed by atoms with E-state index in [0.717, 1.165) is 62.5 Å². The Morgan fingerprint density at radius 1 is 0.659 bits per heavy atom. The van der Waals surface area contributed by atoms with Gasteiger partial charge in [-0.1, -0.05) is 25.0 Å². The Labute approximate surface area is 244 Å². The molecular formula is C32H42BO8. The van der Waals surface area contributed by atoms with Crippen molar-refractivity contribution in [2.75, 3.05) is 13.2 Å². The highest BCUT2D eigenvalue weighted by atomic mass is 16.6. The summed E-state index contributed by atoms with van der Waals surface area (Å²) in [6, 6.07) is 10.8. The molecule has 0 N–H and O–H groups in total. The number of rotatable bonds is 14. The van der Waals surface area contributed by atoms with Gasteiger partial charge in [0.05, 0.1) is 38.3 Å². The standard InChI is InChI=1S/C32H42BO8/c1-3-36-31(34)19-23-15-17-27(21-29(23)38-25-11-7-5-8-12-25)40-33-41-28-18-16-24(20-32(35)37-4-2)30(22-28)39-26-13-9-6-10-14-26/h15-18,21-22,25-26H,3-14,19-20H2,1-2H3. The molecule has 2 fully saturated rings. The number of hydrogen-bond acceptors (Lipinski definition) is 8. The maximum Gasteiger partial charge on any atom is 0.658 e. The molecule has 0 aromatic heterocycles. The quantitative estimate of drug-likeness (QED) is 0.194. The second-order valence-electron chi connectivity index (χ2n) is 10.6. The lowest BCUT2D eigenvalue weighted by molar-refractivity contribution is -0.143. The summed E-state index contributed by atoms with van der Waals surface area (Å²) in [6.07, 6.45) is 11.5. The van der Waals surface area contributed by atoms with Crippen molar-refractivity contribution >= 4 is 19.6 Å². The zero-order chi connectivity index (χ0) is 28.9. The van der Waals surface area contributed by atoms with Crippen LogP contribution in [-0.4, -0.2) is 45.0 Å². The van der Waals surface area contributed by atoms with Crippen molar-refractivity contribution in [3.8, 4) is 23.0 Å². The second kappa shape index (κ2) is 16.2. The van der Waals surface area contributed by atoms with Crippen LogP contribution >= 0.6 is 0 Å². The van der Waals surface area contributed by atoms with Gasteiger partial charge in [0, 0.05) is 23.3 Å². The largest absolute Gasteiger partial charge is 0.658 e. The molecule has 41 heavy (non-hydrogen) atoms. The number of esters is 2. The zero-order valence-corrected chi connectivity index (χ0v) is 24.4. The zero-order valence-electron chi connectivity index (χ0n) is 24.4. The third-order valence-electron chi connectivity index (χ3n) is 7.42. The van der Waals surface area contributed by atoms with Gasteiger partial charge in [-0.15, -0.1) is 0 Å². The van der Waals surface area contributed by atoms with Crippen molar-refractivity contribution < 1.29 is 37.8 Å². The van der Waals surface area contributed by atoms with Crippen molar-refractivity contribution in [1.82, 2.24) is 0 Å². The first-order valence-corrected chi connectivity index (χ1v) is 15.1. The van der Waals surface area contributed by atoms with Crippen LogP contribution in [0.15, 0.2) is 36.4 Å². The lowest BCUT2D eigenvalue weighted by Crippen LogP contribution is -2.21. The van der Waals surface area contributed by atoms with Gasteiger partial charge in [0.25, 0.3) is 0 Å². The molecule has 2 aromatic rings. The van der Waals surface area contributed by atoms with Gasteiger partial charge >= 0.3 is 19.6 Å². The van der Waals surface area contributed by atoms with Gasteiger partial charge in [0.15, 0.2) is 0 Å². The summed E-state index contributed by atoms with van der Waals surface area (Å²) in [5.41, 5.74) is 1.54. The Hall–Kier alpha value is -3.36. The molecular weight excluding hydrogens is 523 g/mol. The fourth-order valence-electron chi connectivity index (χ4n) is 5.32. The highest BCUT2D eigenvalue weighted by molar-refractivity contribution is 6.20. The van der Waals surface area contributed by atoms with Crippen molar-refractivity contribution in [3.05, 3.63) is 47.5 Å². The summed E-state index contributed by atoms with van der Waals surface area (Å²) in [7, 11) is 1.26. The van der Waals surface area contributed by atoms with Crippen molar-refractivity contribution in [3.63, 3.8) is 0 Å². The molecule has 0 atom stereocenters. The van der Waals surface area contributed by atoms with E-state index >= 15 is 0 Å². The first-order chi connectivity index (χ1) is 20.0. The molecule has 0 aliphatic heterocycles. The van der Waals surface area contributed by atoms with E-state index < -0.39 is 0 Å². The molecule has 2 aliphatic rings. The molecule has 1 radical (unpaired) electrons. The molecule has 2 aromatic carbocycles. The monoisotopic (exact) mass is 565 g/mol. The number of ether oxygens (including phenoxy) is 4. The van der Waals surface area contributed by atoms with Gasteiger partial charge in [-0.05, 0) is 77.3 Å². The van der Waals surface area contributed by atoms with Crippen LogP contribution in [0.3, 0.4) is 0 Å². The van der Waals surface area contributed by atoms with Gasteiger partial charge in [0.1, 0.15) is 23.0 Å². The van der Waals surface area contributed by atoms with Crippen LogP contribution in [0.1, 0.15) is 89.2 Å². The van der Waals surface area contributed by atoms with Gasteiger partial charge in [0.2, 0.25) is 0 Å². The van der Waals surface area contributed by atoms with Crippen LogP contribution in [0, 0.1) is 0 Å². The Kier molecular flexibility index (Phi) is 12.1. The average Bonchev–Trinajstić information content (AvgIpc) is 2.97. The third-order valence-corrected chi connectivity index (χ3v) is 7.42. The van der Waals surface area contributed by atoms with Crippen molar-refractivity contribution in [2.24, 2.45) is 0 Å². The molecule has 0 bridgehead atoms. The highest BCUT2D eigenvalue weighted by Crippen LogP contribution is 2.32. The summed E-state index contributed by atoms with van der Waals surface area (Å²) >= 11 is 0. The fourth-order valence-corrected chi connectivity index (χ4v) is 5.32. The normalized spacial score (nSPS) is 16.0. The van der Waals surface area contributed by atoms with E-state index in [9.17, 15) is 9.59 Å². The Bertz CT molecular complexity index is 1040. The molecule has 0 heterocycles. The van der Waals surface area contributed by atoms with Crippen LogP contribution in [0.5, 0.6) is 23.0 Å². The number of benzene rings is 2. The maximum absolute atomic E-state index is 12.2. The van der Waals surface area contributed by atoms with Crippen LogP contribution in [0.4, 0.5) is 0 Å². The van der Waals surface area contributed by atoms with Gasteiger partial charge in [-0.3, -0.25) is 9.59 Å². The summed E-state index contributed by atoms with van der Waals surface area (Å²) in [5.74, 6) is 1.73. The average molecular weight is 565 g/mol. The van der Waals surface area contributed by atoms with E-state index in [0.29, 0.717) is 36.2 Å². The molecule has 0 spiro atoms. The predicted molar refractivity (Wildman–Crippen MR) is 156 cm³/mol. The van der Waals surface area contributed by atoms with E-state index in [1.54, 1.807) is 38.1 Å². The van der Waals surface area contributed by atoms with E-state index in [1.165, 1.54) is 20.5 Å². The number of carbonyl (C=O) groups is 2. The summed E-state index contributed by atoms with van der Waals surface area (Å²) < 4.78 is 34.6. The topological polar surface area (TPSA) is 89.5 Å². The fraction of sp³-hybridized carbons (Fsp3) is 0.562. The van der Waals surface area contributed by atoms with Crippen LogP contribution in [0.2, 0.25) is 0 Å². The van der Waals surface area contributed by atoms with Gasteiger partial charge in [-0.2, -0.15) is 0 Å². The molecule has 8 nitrogen and oxygen atoms in total. The Morgan fingerprint density at radius 3 is 1.46 bits per heavy atom. The molecule has 2 saturated carbocycles. The molecule has 221 valence electrons. The van der Waals surface area contributed by atoms with Crippen LogP contribution < -0.4 is 18.8 Å². The third kappa shape index (κ3) is 9.90. The molecule has 0 saturated heterocycles. The molecule has 9 heteroatoms.